The van der Waals surface area contributed by atoms with Gasteiger partial charge in [-0.1, -0.05) is 26.0 Å². The molecule has 0 saturated carbocycles. The van der Waals surface area contributed by atoms with Gasteiger partial charge in [-0.3, -0.25) is 5.43 Å². The summed E-state index contributed by atoms with van der Waals surface area (Å²) < 4.78 is 5.68. The SMILES string of the molecule is CCCN(CCC)c1nc(/C=N/Nc2cccc(C)c2)nc(OCCNC)n1. The Morgan fingerprint density at radius 3 is 2.61 bits per heavy atom. The molecule has 2 N–H and O–H groups in total. The van der Waals surface area contributed by atoms with Crippen molar-refractivity contribution in [3.05, 3.63) is 35.7 Å². The first-order valence-corrected chi connectivity index (χ1v) is 9.80. The summed E-state index contributed by atoms with van der Waals surface area (Å²) in [6, 6.07) is 8.31. The van der Waals surface area contributed by atoms with E-state index in [1.54, 1.807) is 6.21 Å². The molecule has 0 bridgehead atoms. The van der Waals surface area contributed by atoms with Crippen LogP contribution in [0.25, 0.3) is 0 Å². The summed E-state index contributed by atoms with van der Waals surface area (Å²) in [4.78, 5) is 15.6. The maximum atomic E-state index is 5.68. The largest absolute Gasteiger partial charge is 0.462 e. The zero-order chi connectivity index (χ0) is 20.2. The van der Waals surface area contributed by atoms with Crippen molar-refractivity contribution in [2.75, 3.05) is 43.6 Å². The second-order valence-corrected chi connectivity index (χ2v) is 6.45. The van der Waals surface area contributed by atoms with Gasteiger partial charge in [-0.15, -0.1) is 0 Å². The van der Waals surface area contributed by atoms with Crippen LogP contribution in [-0.4, -0.2) is 54.5 Å². The van der Waals surface area contributed by atoms with Crippen molar-refractivity contribution in [1.29, 1.82) is 0 Å². The molecule has 0 unspecified atom stereocenters. The van der Waals surface area contributed by atoms with Crippen LogP contribution in [0.1, 0.15) is 38.1 Å². The molecule has 8 heteroatoms. The fraction of sp³-hybridized carbons (Fsp3) is 0.500. The van der Waals surface area contributed by atoms with Crippen LogP contribution in [0.3, 0.4) is 0 Å². The number of hydrogen-bond donors (Lipinski definition) is 2. The van der Waals surface area contributed by atoms with Gasteiger partial charge in [0.2, 0.25) is 5.95 Å². The molecule has 8 nitrogen and oxygen atoms in total. The second kappa shape index (κ2) is 11.9. The van der Waals surface area contributed by atoms with E-state index in [1.165, 1.54) is 0 Å². The van der Waals surface area contributed by atoms with Gasteiger partial charge in [-0.25, -0.2) is 0 Å². The van der Waals surface area contributed by atoms with Crippen LogP contribution in [-0.2, 0) is 0 Å². The van der Waals surface area contributed by atoms with E-state index < -0.39 is 0 Å². The summed E-state index contributed by atoms with van der Waals surface area (Å²) >= 11 is 0. The topological polar surface area (TPSA) is 87.6 Å². The molecular formula is C20H31N7O. The third kappa shape index (κ3) is 7.11. The lowest BCUT2D eigenvalue weighted by molar-refractivity contribution is 0.292. The van der Waals surface area contributed by atoms with E-state index in [0.717, 1.165) is 37.2 Å². The van der Waals surface area contributed by atoms with Crippen LogP contribution in [0.4, 0.5) is 11.6 Å². The third-order valence-corrected chi connectivity index (χ3v) is 3.87. The first-order valence-electron chi connectivity index (χ1n) is 9.80. The normalized spacial score (nSPS) is 11.0. The minimum Gasteiger partial charge on any atom is -0.462 e. The number of benzene rings is 1. The van der Waals surface area contributed by atoms with Crippen molar-refractivity contribution in [3.63, 3.8) is 0 Å². The van der Waals surface area contributed by atoms with Crippen LogP contribution in [0.5, 0.6) is 6.01 Å². The number of nitrogens with one attached hydrogen (secondary N) is 2. The lowest BCUT2D eigenvalue weighted by Gasteiger charge is -2.21. The molecule has 1 aromatic heterocycles. The molecule has 0 spiro atoms. The van der Waals surface area contributed by atoms with Crippen molar-refractivity contribution in [2.45, 2.75) is 33.6 Å². The highest BCUT2D eigenvalue weighted by Gasteiger charge is 2.13. The van der Waals surface area contributed by atoms with Crippen molar-refractivity contribution in [3.8, 4) is 6.01 Å². The highest BCUT2D eigenvalue weighted by Crippen LogP contribution is 2.13. The van der Waals surface area contributed by atoms with E-state index in [0.29, 0.717) is 30.9 Å². The Morgan fingerprint density at radius 2 is 1.93 bits per heavy atom. The smallest absolute Gasteiger partial charge is 0.321 e. The number of aromatic nitrogens is 3. The molecule has 28 heavy (non-hydrogen) atoms. The van der Waals surface area contributed by atoms with Crippen LogP contribution in [0.2, 0.25) is 0 Å². The number of anilines is 2. The second-order valence-electron chi connectivity index (χ2n) is 6.45. The standard InChI is InChI=1S/C20H31N7O/c1-5-11-27(12-6-2)19-23-18(24-20(25-19)28-13-10-21-4)15-22-26-17-9-7-8-16(3)14-17/h7-9,14-15,21,26H,5-6,10-13H2,1-4H3/b22-15+. The van der Waals surface area contributed by atoms with Gasteiger partial charge < -0.3 is 15.0 Å². The van der Waals surface area contributed by atoms with E-state index in [4.69, 9.17) is 4.74 Å². The van der Waals surface area contributed by atoms with E-state index >= 15 is 0 Å². The van der Waals surface area contributed by atoms with Crippen LogP contribution >= 0.6 is 0 Å². The zero-order valence-corrected chi connectivity index (χ0v) is 17.3. The zero-order valence-electron chi connectivity index (χ0n) is 17.3. The highest BCUT2D eigenvalue weighted by molar-refractivity contribution is 5.75. The summed E-state index contributed by atoms with van der Waals surface area (Å²) in [6.07, 6.45) is 3.62. The van der Waals surface area contributed by atoms with Crippen molar-refractivity contribution < 1.29 is 4.74 Å². The monoisotopic (exact) mass is 385 g/mol. The molecule has 0 aliphatic rings. The van der Waals surface area contributed by atoms with Crippen molar-refractivity contribution >= 4 is 17.9 Å². The lowest BCUT2D eigenvalue weighted by atomic mass is 10.2. The quantitative estimate of drug-likeness (QED) is 0.330. The van der Waals surface area contributed by atoms with Gasteiger partial charge in [0, 0.05) is 19.6 Å². The van der Waals surface area contributed by atoms with E-state index in [-0.39, 0.29) is 0 Å². The van der Waals surface area contributed by atoms with Gasteiger partial charge in [-0.05, 0) is 44.5 Å². The number of likely N-dealkylation sites (N-methyl/N-ethyl adjacent to an activating group) is 1. The summed E-state index contributed by atoms with van der Waals surface area (Å²) in [5.74, 6) is 1.08. The Morgan fingerprint density at radius 1 is 1.14 bits per heavy atom. The molecule has 1 heterocycles. The fourth-order valence-corrected chi connectivity index (χ4v) is 2.60. The molecule has 0 aliphatic carbocycles. The van der Waals surface area contributed by atoms with E-state index in [2.05, 4.69) is 49.5 Å². The number of ether oxygens (including phenoxy) is 1. The Labute approximate surface area is 167 Å². The van der Waals surface area contributed by atoms with Crippen LogP contribution < -0.4 is 20.4 Å². The van der Waals surface area contributed by atoms with Gasteiger partial charge in [-0.2, -0.15) is 20.1 Å². The number of hydrazone groups is 1. The molecule has 0 amide bonds. The average molecular weight is 386 g/mol. The summed E-state index contributed by atoms with van der Waals surface area (Å²) in [5.41, 5.74) is 5.09. The third-order valence-electron chi connectivity index (χ3n) is 3.87. The molecule has 0 atom stereocenters. The maximum absolute atomic E-state index is 5.68. The summed E-state index contributed by atoms with van der Waals surface area (Å²) in [7, 11) is 1.88. The first kappa shape index (κ1) is 21.6. The number of aryl methyl sites for hydroxylation is 1. The van der Waals surface area contributed by atoms with E-state index in [1.807, 2.05) is 38.2 Å². The van der Waals surface area contributed by atoms with Gasteiger partial charge in [0.25, 0.3) is 0 Å². The predicted octanol–water partition coefficient (Wildman–Crippen LogP) is 2.85. The van der Waals surface area contributed by atoms with Gasteiger partial charge in [0.1, 0.15) is 6.61 Å². The average Bonchev–Trinajstić information content (AvgIpc) is 2.68. The lowest BCUT2D eigenvalue weighted by Crippen LogP contribution is -2.28. The molecule has 2 aromatic rings. The molecule has 0 radical (unpaired) electrons. The number of nitrogens with zero attached hydrogens (tertiary/aromatic N) is 5. The molecular weight excluding hydrogens is 354 g/mol. The molecule has 0 saturated heterocycles. The Bertz CT molecular complexity index is 745. The Kier molecular flexibility index (Phi) is 9.14. The molecule has 152 valence electrons. The number of rotatable bonds is 12. The Balaban J connectivity index is 2.20. The van der Waals surface area contributed by atoms with Crippen molar-refractivity contribution in [2.24, 2.45) is 5.10 Å². The fourth-order valence-electron chi connectivity index (χ4n) is 2.60. The van der Waals surface area contributed by atoms with Crippen molar-refractivity contribution in [1.82, 2.24) is 20.3 Å². The summed E-state index contributed by atoms with van der Waals surface area (Å²) in [6.45, 7) is 9.28. The van der Waals surface area contributed by atoms with Crippen LogP contribution in [0.15, 0.2) is 29.4 Å². The predicted molar refractivity (Wildman–Crippen MR) is 114 cm³/mol. The highest BCUT2D eigenvalue weighted by atomic mass is 16.5. The van der Waals surface area contributed by atoms with Gasteiger partial charge in [0.05, 0.1) is 11.9 Å². The minimum absolute atomic E-state index is 0.314. The molecule has 1 aromatic carbocycles. The van der Waals surface area contributed by atoms with Gasteiger partial charge in [0.15, 0.2) is 5.82 Å². The van der Waals surface area contributed by atoms with E-state index in [9.17, 15) is 0 Å². The Hall–Kier alpha value is -2.74. The minimum atomic E-state index is 0.314. The maximum Gasteiger partial charge on any atom is 0.321 e. The molecule has 2 rings (SSSR count). The van der Waals surface area contributed by atoms with Gasteiger partial charge >= 0.3 is 6.01 Å². The first-order chi connectivity index (χ1) is 13.7. The molecule has 0 fully saturated rings. The molecule has 0 aliphatic heterocycles. The number of hydrogen-bond acceptors (Lipinski definition) is 8. The summed E-state index contributed by atoms with van der Waals surface area (Å²) in [5, 5.41) is 7.31. The van der Waals surface area contributed by atoms with Crippen LogP contribution in [0, 0.1) is 6.92 Å².